The molecule has 1 amide bonds. The third-order valence-corrected chi connectivity index (χ3v) is 5.79. The second kappa shape index (κ2) is 9.05. The first-order valence-electron chi connectivity index (χ1n) is 9.49. The van der Waals surface area contributed by atoms with Crippen LogP contribution < -0.4 is 0 Å². The number of thioether (sulfide) groups is 1. The van der Waals surface area contributed by atoms with Crippen LogP contribution in [0.4, 0.5) is 11.4 Å². The van der Waals surface area contributed by atoms with E-state index in [4.69, 9.17) is 0 Å². The van der Waals surface area contributed by atoms with Gasteiger partial charge in [-0.15, -0.1) is 0 Å². The van der Waals surface area contributed by atoms with Gasteiger partial charge in [0.2, 0.25) is 0 Å². The minimum absolute atomic E-state index is 0.0458. The molecule has 1 fully saturated rings. The molecule has 0 saturated carbocycles. The van der Waals surface area contributed by atoms with Crippen molar-refractivity contribution in [3.8, 4) is 0 Å². The molecule has 0 radical (unpaired) electrons. The highest BCUT2D eigenvalue weighted by atomic mass is 32.2. The molecule has 1 atom stereocenters. The first-order valence-corrected chi connectivity index (χ1v) is 10.3. The van der Waals surface area contributed by atoms with E-state index >= 15 is 0 Å². The third kappa shape index (κ3) is 4.92. The van der Waals surface area contributed by atoms with E-state index in [0.717, 1.165) is 12.1 Å². The molecule has 0 aliphatic carbocycles. The Morgan fingerprint density at radius 2 is 1.97 bits per heavy atom. The number of hydrogen-bond donors (Lipinski definition) is 0. The summed E-state index contributed by atoms with van der Waals surface area (Å²) in [5.41, 5.74) is 2.04. The topological polar surface area (TPSA) is 75.8 Å². The van der Waals surface area contributed by atoms with Gasteiger partial charge in [-0.2, -0.15) is 0 Å². The van der Waals surface area contributed by atoms with Crippen molar-refractivity contribution >= 4 is 40.3 Å². The molecule has 0 bridgehead atoms. The maximum absolute atomic E-state index is 13.1. The number of para-hydroxylation sites is 1. The average molecular weight is 410 g/mol. The van der Waals surface area contributed by atoms with Gasteiger partial charge in [-0.1, -0.05) is 50.6 Å². The van der Waals surface area contributed by atoms with Gasteiger partial charge in [0.15, 0.2) is 5.17 Å². The lowest BCUT2D eigenvalue weighted by atomic mass is 10.1. The van der Waals surface area contributed by atoms with Crippen LogP contribution >= 0.6 is 11.8 Å². The summed E-state index contributed by atoms with van der Waals surface area (Å²) in [4.78, 5) is 30.8. The monoisotopic (exact) mass is 409 g/mol. The Bertz CT molecular complexity index is 986. The Kier molecular flexibility index (Phi) is 6.49. The van der Waals surface area contributed by atoms with Gasteiger partial charge in [0.1, 0.15) is 0 Å². The summed E-state index contributed by atoms with van der Waals surface area (Å²) < 4.78 is 0. The van der Waals surface area contributed by atoms with Crippen molar-refractivity contribution in [3.05, 3.63) is 74.7 Å². The summed E-state index contributed by atoms with van der Waals surface area (Å²) in [5, 5.41) is 11.9. The predicted molar refractivity (Wildman–Crippen MR) is 118 cm³/mol. The molecule has 7 heteroatoms. The van der Waals surface area contributed by atoms with E-state index in [0.29, 0.717) is 33.7 Å². The lowest BCUT2D eigenvalue weighted by Gasteiger charge is -2.19. The highest BCUT2D eigenvalue weighted by Crippen LogP contribution is 2.35. The van der Waals surface area contributed by atoms with Crippen molar-refractivity contribution in [2.24, 2.45) is 10.9 Å². The molecule has 2 aromatic carbocycles. The summed E-state index contributed by atoms with van der Waals surface area (Å²) in [6, 6.07) is 14.5. The van der Waals surface area contributed by atoms with Crippen molar-refractivity contribution in [1.82, 2.24) is 4.90 Å². The second-order valence-corrected chi connectivity index (χ2v) is 8.08. The number of aliphatic imine (C=N–C) groups is 1. The Morgan fingerprint density at radius 1 is 1.24 bits per heavy atom. The fourth-order valence-corrected chi connectivity index (χ4v) is 3.88. The average Bonchev–Trinajstić information content (AvgIpc) is 2.98. The van der Waals surface area contributed by atoms with E-state index in [9.17, 15) is 14.9 Å². The van der Waals surface area contributed by atoms with Crippen LogP contribution in [-0.4, -0.2) is 27.4 Å². The van der Waals surface area contributed by atoms with E-state index < -0.39 is 4.92 Å². The van der Waals surface area contributed by atoms with Gasteiger partial charge in [-0.05, 0) is 48.4 Å². The molecule has 1 saturated heterocycles. The van der Waals surface area contributed by atoms with Crippen LogP contribution in [0.15, 0.2) is 58.4 Å². The third-order valence-electron chi connectivity index (χ3n) is 4.79. The largest absolute Gasteiger partial charge is 0.286 e. The number of carbonyl (C=O) groups excluding carboxylic acids is 1. The number of nitro groups is 1. The summed E-state index contributed by atoms with van der Waals surface area (Å²) in [5.74, 6) is 0.216. The smallest absolute Gasteiger partial charge is 0.272 e. The van der Waals surface area contributed by atoms with E-state index in [2.05, 4.69) is 18.8 Å². The predicted octanol–water partition coefficient (Wildman–Crippen LogP) is 5.55. The lowest BCUT2D eigenvalue weighted by Crippen LogP contribution is -2.33. The van der Waals surface area contributed by atoms with Crippen LogP contribution in [0, 0.1) is 23.0 Å². The van der Waals surface area contributed by atoms with Gasteiger partial charge in [0.25, 0.3) is 11.6 Å². The molecule has 0 spiro atoms. The van der Waals surface area contributed by atoms with Crippen LogP contribution in [0.25, 0.3) is 6.08 Å². The van der Waals surface area contributed by atoms with Crippen molar-refractivity contribution in [3.63, 3.8) is 0 Å². The summed E-state index contributed by atoms with van der Waals surface area (Å²) in [7, 11) is 0. The molecule has 0 N–H and O–H groups in total. The maximum Gasteiger partial charge on any atom is 0.272 e. The normalized spacial score (nSPS) is 17.9. The standard InChI is InChI=1S/C22H23N3O3S/c1-4-15(2)14-24-21(26)20(29-22(24)23-18-8-6-5-7-9-18)13-17-11-10-16(3)19(12-17)25(27)28/h5-13,15H,4,14H2,1-3H3/b20-13-,23-22?/t15-/m0/s1. The Balaban J connectivity index is 1.97. The number of amides is 1. The summed E-state index contributed by atoms with van der Waals surface area (Å²) >= 11 is 1.31. The highest BCUT2D eigenvalue weighted by Gasteiger charge is 2.34. The Hall–Kier alpha value is -2.93. The van der Waals surface area contributed by atoms with E-state index in [1.165, 1.54) is 17.8 Å². The van der Waals surface area contributed by atoms with Crippen LogP contribution in [0.2, 0.25) is 0 Å². The van der Waals surface area contributed by atoms with Gasteiger partial charge >= 0.3 is 0 Å². The van der Waals surface area contributed by atoms with Gasteiger partial charge in [0, 0.05) is 18.2 Å². The molecule has 150 valence electrons. The number of benzene rings is 2. The number of carbonyl (C=O) groups is 1. The molecule has 6 nitrogen and oxygen atoms in total. The molecule has 0 unspecified atom stereocenters. The fraction of sp³-hybridized carbons (Fsp3) is 0.273. The van der Waals surface area contributed by atoms with E-state index in [-0.39, 0.29) is 11.6 Å². The quantitative estimate of drug-likeness (QED) is 0.356. The number of nitro benzene ring substituents is 1. The minimum atomic E-state index is -0.404. The first-order chi connectivity index (χ1) is 13.9. The zero-order valence-corrected chi connectivity index (χ0v) is 17.5. The molecular weight excluding hydrogens is 386 g/mol. The zero-order valence-electron chi connectivity index (χ0n) is 16.7. The van der Waals surface area contributed by atoms with Gasteiger partial charge in [-0.25, -0.2) is 4.99 Å². The van der Waals surface area contributed by atoms with Crippen LogP contribution in [-0.2, 0) is 4.79 Å². The summed E-state index contributed by atoms with van der Waals surface area (Å²) in [6.07, 6.45) is 2.66. The number of hydrogen-bond acceptors (Lipinski definition) is 5. The fourth-order valence-electron chi connectivity index (χ4n) is 2.87. The Morgan fingerprint density at radius 3 is 2.62 bits per heavy atom. The van der Waals surface area contributed by atoms with E-state index in [1.54, 1.807) is 30.0 Å². The van der Waals surface area contributed by atoms with Crippen molar-refractivity contribution < 1.29 is 9.72 Å². The van der Waals surface area contributed by atoms with Crippen molar-refractivity contribution in [2.75, 3.05) is 6.54 Å². The van der Waals surface area contributed by atoms with Gasteiger partial charge < -0.3 is 0 Å². The maximum atomic E-state index is 13.1. The van der Waals surface area contributed by atoms with Gasteiger partial charge in [-0.3, -0.25) is 19.8 Å². The molecule has 1 aliphatic heterocycles. The van der Waals surface area contributed by atoms with Crippen molar-refractivity contribution in [1.29, 1.82) is 0 Å². The van der Waals surface area contributed by atoms with Gasteiger partial charge in [0.05, 0.1) is 15.5 Å². The lowest BCUT2D eigenvalue weighted by molar-refractivity contribution is -0.385. The van der Waals surface area contributed by atoms with E-state index in [1.807, 2.05) is 30.3 Å². The molecular formula is C22H23N3O3S. The number of nitrogens with zero attached hydrogens (tertiary/aromatic N) is 3. The van der Waals surface area contributed by atoms with Crippen molar-refractivity contribution in [2.45, 2.75) is 27.2 Å². The second-order valence-electron chi connectivity index (χ2n) is 7.07. The SMILES string of the molecule is CC[C@H](C)CN1C(=O)/C(=C/c2ccc(C)c([N+](=O)[O-])c2)SC1=Nc1ccccc1. The zero-order chi connectivity index (χ0) is 21.0. The molecule has 3 rings (SSSR count). The molecule has 0 aromatic heterocycles. The highest BCUT2D eigenvalue weighted by molar-refractivity contribution is 8.18. The Labute approximate surface area is 174 Å². The molecule has 1 aliphatic rings. The number of aryl methyl sites for hydroxylation is 1. The minimum Gasteiger partial charge on any atom is -0.286 e. The van der Waals surface area contributed by atoms with Crippen LogP contribution in [0.5, 0.6) is 0 Å². The molecule has 1 heterocycles. The number of amidine groups is 1. The first kappa shape index (κ1) is 20.8. The summed E-state index contributed by atoms with van der Waals surface area (Å²) in [6.45, 7) is 6.47. The number of rotatable bonds is 6. The molecule has 29 heavy (non-hydrogen) atoms. The van der Waals surface area contributed by atoms with Crippen LogP contribution in [0.3, 0.4) is 0 Å². The molecule has 2 aromatic rings. The van der Waals surface area contributed by atoms with Crippen LogP contribution in [0.1, 0.15) is 31.4 Å².